The maximum atomic E-state index is 12.4. The standard InChI is InChI=1S/C16H24N2O2/c1-13(14-5-3-2-4-6-14)11-18-15(19)16(12-17)7-9-20-10-8-16/h2-6,13H,7-12,17H2,1H3,(H,18,19). The molecule has 1 heterocycles. The van der Waals surface area contributed by atoms with Gasteiger partial charge < -0.3 is 15.8 Å². The van der Waals surface area contributed by atoms with Crippen LogP contribution in [-0.4, -0.2) is 32.2 Å². The molecule has 0 aromatic heterocycles. The van der Waals surface area contributed by atoms with E-state index in [4.69, 9.17) is 10.5 Å². The van der Waals surface area contributed by atoms with E-state index < -0.39 is 5.41 Å². The van der Waals surface area contributed by atoms with Crippen molar-refractivity contribution in [3.8, 4) is 0 Å². The van der Waals surface area contributed by atoms with Crippen LogP contribution in [0, 0.1) is 5.41 Å². The molecule has 0 aliphatic carbocycles. The lowest BCUT2D eigenvalue weighted by molar-refractivity contribution is -0.135. The number of rotatable bonds is 5. The molecule has 0 bridgehead atoms. The van der Waals surface area contributed by atoms with Gasteiger partial charge in [-0.15, -0.1) is 0 Å². The molecule has 1 aromatic carbocycles. The van der Waals surface area contributed by atoms with Gasteiger partial charge >= 0.3 is 0 Å². The molecule has 1 atom stereocenters. The number of carbonyl (C=O) groups excluding carboxylic acids is 1. The summed E-state index contributed by atoms with van der Waals surface area (Å²) in [5.41, 5.74) is 6.64. The molecule has 0 radical (unpaired) electrons. The van der Waals surface area contributed by atoms with Gasteiger partial charge in [0.2, 0.25) is 5.91 Å². The van der Waals surface area contributed by atoms with Crippen LogP contribution in [0.2, 0.25) is 0 Å². The van der Waals surface area contributed by atoms with Gasteiger partial charge in [-0.2, -0.15) is 0 Å². The van der Waals surface area contributed by atoms with Crippen molar-refractivity contribution in [2.45, 2.75) is 25.7 Å². The molecule has 1 amide bonds. The lowest BCUT2D eigenvalue weighted by atomic mass is 9.79. The molecule has 110 valence electrons. The summed E-state index contributed by atoms with van der Waals surface area (Å²) in [6.45, 7) is 4.40. The first kappa shape index (κ1) is 15.0. The van der Waals surface area contributed by atoms with Crippen molar-refractivity contribution in [1.29, 1.82) is 0 Å². The van der Waals surface area contributed by atoms with Gasteiger partial charge in [-0.3, -0.25) is 4.79 Å². The number of hydrogen-bond acceptors (Lipinski definition) is 3. The van der Waals surface area contributed by atoms with E-state index in [1.807, 2.05) is 18.2 Å². The predicted octanol–water partition coefficient (Wildman–Crippen LogP) is 1.66. The van der Waals surface area contributed by atoms with Crippen molar-refractivity contribution in [2.24, 2.45) is 11.1 Å². The van der Waals surface area contributed by atoms with Gasteiger partial charge in [0.1, 0.15) is 0 Å². The van der Waals surface area contributed by atoms with Crippen LogP contribution in [0.3, 0.4) is 0 Å². The lowest BCUT2D eigenvalue weighted by Gasteiger charge is -2.34. The molecule has 0 spiro atoms. The molecule has 1 fully saturated rings. The topological polar surface area (TPSA) is 64.4 Å². The van der Waals surface area contributed by atoms with Crippen molar-refractivity contribution < 1.29 is 9.53 Å². The van der Waals surface area contributed by atoms with Crippen LogP contribution in [0.5, 0.6) is 0 Å². The summed E-state index contributed by atoms with van der Waals surface area (Å²) in [6.07, 6.45) is 1.43. The first-order valence-electron chi connectivity index (χ1n) is 7.29. The summed E-state index contributed by atoms with van der Waals surface area (Å²) < 4.78 is 5.34. The maximum Gasteiger partial charge on any atom is 0.227 e. The molecule has 1 aliphatic rings. The van der Waals surface area contributed by atoms with E-state index in [9.17, 15) is 4.79 Å². The number of carbonyl (C=O) groups is 1. The zero-order chi connectivity index (χ0) is 14.4. The number of nitrogens with one attached hydrogen (secondary N) is 1. The fourth-order valence-electron chi connectivity index (χ4n) is 2.62. The molecule has 1 aromatic rings. The van der Waals surface area contributed by atoms with E-state index in [0.717, 1.165) is 12.8 Å². The number of hydrogen-bond donors (Lipinski definition) is 2. The third kappa shape index (κ3) is 3.38. The third-order valence-electron chi connectivity index (χ3n) is 4.26. The van der Waals surface area contributed by atoms with Gasteiger partial charge in [0, 0.05) is 26.3 Å². The summed E-state index contributed by atoms with van der Waals surface area (Å²) in [4.78, 5) is 12.4. The van der Waals surface area contributed by atoms with E-state index in [1.165, 1.54) is 5.56 Å². The second-order valence-electron chi connectivity index (χ2n) is 5.62. The minimum atomic E-state index is -0.436. The van der Waals surface area contributed by atoms with Crippen LogP contribution in [0.4, 0.5) is 0 Å². The zero-order valence-corrected chi connectivity index (χ0v) is 12.1. The normalized spacial score (nSPS) is 19.3. The minimum Gasteiger partial charge on any atom is -0.381 e. The Morgan fingerprint density at radius 2 is 2.00 bits per heavy atom. The summed E-state index contributed by atoms with van der Waals surface area (Å²) >= 11 is 0. The Kier molecular flexibility index (Phi) is 5.15. The van der Waals surface area contributed by atoms with Crippen molar-refractivity contribution in [2.75, 3.05) is 26.3 Å². The molecule has 4 heteroatoms. The third-order valence-corrected chi connectivity index (χ3v) is 4.26. The van der Waals surface area contributed by atoms with Gasteiger partial charge in [-0.05, 0) is 24.3 Å². The van der Waals surface area contributed by atoms with Crippen LogP contribution in [-0.2, 0) is 9.53 Å². The van der Waals surface area contributed by atoms with E-state index in [0.29, 0.717) is 32.2 Å². The molecule has 4 nitrogen and oxygen atoms in total. The SMILES string of the molecule is CC(CNC(=O)C1(CN)CCOCC1)c1ccccc1. The van der Waals surface area contributed by atoms with Crippen molar-refractivity contribution in [1.82, 2.24) is 5.32 Å². The summed E-state index contributed by atoms with van der Waals surface area (Å²) in [7, 11) is 0. The first-order chi connectivity index (χ1) is 9.68. The Hall–Kier alpha value is -1.39. The molecular formula is C16H24N2O2. The Bertz CT molecular complexity index is 427. The van der Waals surface area contributed by atoms with Crippen molar-refractivity contribution in [3.05, 3.63) is 35.9 Å². The Morgan fingerprint density at radius 3 is 2.60 bits per heavy atom. The van der Waals surface area contributed by atoms with Gasteiger partial charge in [-0.25, -0.2) is 0 Å². The molecule has 2 rings (SSSR count). The van der Waals surface area contributed by atoms with Gasteiger partial charge in [-0.1, -0.05) is 37.3 Å². The summed E-state index contributed by atoms with van der Waals surface area (Å²) in [5, 5.41) is 3.07. The highest BCUT2D eigenvalue weighted by molar-refractivity contribution is 5.83. The molecule has 20 heavy (non-hydrogen) atoms. The molecule has 1 saturated heterocycles. The molecular weight excluding hydrogens is 252 g/mol. The van der Waals surface area contributed by atoms with Crippen LogP contribution in [0.25, 0.3) is 0 Å². The Morgan fingerprint density at radius 1 is 1.35 bits per heavy atom. The van der Waals surface area contributed by atoms with Crippen LogP contribution in [0.15, 0.2) is 30.3 Å². The van der Waals surface area contributed by atoms with Crippen molar-refractivity contribution >= 4 is 5.91 Å². The molecule has 0 saturated carbocycles. The fourth-order valence-corrected chi connectivity index (χ4v) is 2.62. The molecule has 1 unspecified atom stereocenters. The average molecular weight is 276 g/mol. The first-order valence-corrected chi connectivity index (χ1v) is 7.29. The van der Waals surface area contributed by atoms with E-state index in [1.54, 1.807) is 0 Å². The number of amides is 1. The quantitative estimate of drug-likeness (QED) is 0.859. The fraction of sp³-hybridized carbons (Fsp3) is 0.562. The zero-order valence-electron chi connectivity index (χ0n) is 12.1. The van der Waals surface area contributed by atoms with E-state index in [2.05, 4.69) is 24.4 Å². The van der Waals surface area contributed by atoms with Gasteiger partial charge in [0.15, 0.2) is 0 Å². The van der Waals surface area contributed by atoms with Crippen LogP contribution >= 0.6 is 0 Å². The highest BCUT2D eigenvalue weighted by Gasteiger charge is 2.38. The number of ether oxygens (including phenoxy) is 1. The number of benzene rings is 1. The molecule has 1 aliphatic heterocycles. The largest absolute Gasteiger partial charge is 0.381 e. The Balaban J connectivity index is 1.91. The predicted molar refractivity (Wildman–Crippen MR) is 79.4 cm³/mol. The van der Waals surface area contributed by atoms with E-state index in [-0.39, 0.29) is 5.91 Å². The van der Waals surface area contributed by atoms with Gasteiger partial charge in [0.05, 0.1) is 5.41 Å². The monoisotopic (exact) mass is 276 g/mol. The van der Waals surface area contributed by atoms with Crippen molar-refractivity contribution in [3.63, 3.8) is 0 Å². The molecule has 3 N–H and O–H groups in total. The minimum absolute atomic E-state index is 0.0751. The van der Waals surface area contributed by atoms with Crippen LogP contribution < -0.4 is 11.1 Å². The van der Waals surface area contributed by atoms with Crippen LogP contribution in [0.1, 0.15) is 31.2 Å². The second-order valence-corrected chi connectivity index (χ2v) is 5.62. The summed E-state index contributed by atoms with van der Waals surface area (Å²) in [5.74, 6) is 0.376. The Labute approximate surface area is 120 Å². The highest BCUT2D eigenvalue weighted by Crippen LogP contribution is 2.29. The second kappa shape index (κ2) is 6.86. The number of nitrogens with two attached hydrogens (primary N) is 1. The summed E-state index contributed by atoms with van der Waals surface area (Å²) in [6, 6.07) is 10.2. The lowest BCUT2D eigenvalue weighted by Crippen LogP contribution is -2.49. The van der Waals surface area contributed by atoms with E-state index >= 15 is 0 Å². The van der Waals surface area contributed by atoms with Gasteiger partial charge in [0.25, 0.3) is 0 Å². The smallest absolute Gasteiger partial charge is 0.227 e. The average Bonchev–Trinajstić information content (AvgIpc) is 2.53. The maximum absolute atomic E-state index is 12.4. The highest BCUT2D eigenvalue weighted by atomic mass is 16.5.